The van der Waals surface area contributed by atoms with Crippen LogP contribution in [0.1, 0.15) is 0 Å². The highest BCUT2D eigenvalue weighted by atomic mass is 32.2. The number of carbonyl (C=O) groups is 1. The lowest BCUT2D eigenvalue weighted by molar-refractivity contribution is 0.242. The molecule has 0 aliphatic carbocycles. The van der Waals surface area contributed by atoms with Gasteiger partial charge in [0, 0.05) is 6.20 Å². The Kier molecular flexibility index (Phi) is 1.83. The van der Waals surface area contributed by atoms with E-state index in [2.05, 4.69) is 5.32 Å². The molecule has 62 valence electrons. The van der Waals surface area contributed by atoms with Gasteiger partial charge in [-0.15, -0.1) is 0 Å². The van der Waals surface area contributed by atoms with Gasteiger partial charge >= 0.3 is 6.03 Å². The van der Waals surface area contributed by atoms with Crippen LogP contribution in [-0.2, 0) is 10.1 Å². The molecule has 0 radical (unpaired) electrons. The van der Waals surface area contributed by atoms with Gasteiger partial charge in [0.15, 0.2) is 5.37 Å². The molecule has 2 amide bonds. The largest absolute Gasteiger partial charge is 0.320 e. The van der Waals surface area contributed by atoms with Crippen LogP contribution >= 0.6 is 0 Å². The summed E-state index contributed by atoms with van der Waals surface area (Å²) in [6, 6.07) is -0.657. The van der Waals surface area contributed by atoms with Gasteiger partial charge in [0.2, 0.25) is 0 Å². The van der Waals surface area contributed by atoms with Crippen LogP contribution in [0, 0.1) is 0 Å². The minimum absolute atomic E-state index is 0.657. The van der Waals surface area contributed by atoms with Crippen LogP contribution in [0.2, 0.25) is 0 Å². The van der Waals surface area contributed by atoms with E-state index in [9.17, 15) is 13.2 Å². The summed E-state index contributed by atoms with van der Waals surface area (Å²) in [5, 5.41) is 2.82. The molecule has 0 aromatic rings. The second-order valence-electron chi connectivity index (χ2n) is 1.91. The second kappa shape index (κ2) is 2.51. The molecule has 1 atom stereocenters. The van der Waals surface area contributed by atoms with Crippen molar-refractivity contribution in [3.05, 3.63) is 12.3 Å². The summed E-state index contributed by atoms with van der Waals surface area (Å²) in [4.78, 5) is 10.5. The van der Waals surface area contributed by atoms with E-state index in [-0.39, 0.29) is 0 Å². The summed E-state index contributed by atoms with van der Waals surface area (Å²) in [6.07, 6.45) is 2.27. The van der Waals surface area contributed by atoms with Crippen LogP contribution in [0.5, 0.6) is 0 Å². The highest BCUT2D eigenvalue weighted by Crippen LogP contribution is 1.98. The number of hydrogen-bond donors (Lipinski definition) is 3. The number of carbonyl (C=O) groups excluding carboxylic acids is 1. The van der Waals surface area contributed by atoms with E-state index in [1.54, 1.807) is 0 Å². The molecule has 1 aliphatic heterocycles. The first-order valence-corrected chi connectivity index (χ1v) is 4.20. The van der Waals surface area contributed by atoms with Gasteiger partial charge in [-0.3, -0.25) is 4.55 Å². The lowest BCUT2D eigenvalue weighted by Crippen LogP contribution is -2.46. The first kappa shape index (κ1) is 8.02. The fourth-order valence-electron chi connectivity index (χ4n) is 0.604. The molecule has 1 aliphatic rings. The van der Waals surface area contributed by atoms with E-state index in [1.807, 2.05) is 5.32 Å². The maximum Gasteiger partial charge on any atom is 0.320 e. The van der Waals surface area contributed by atoms with Gasteiger partial charge in [0.05, 0.1) is 0 Å². The number of rotatable bonds is 1. The molecule has 0 aromatic carbocycles. The van der Waals surface area contributed by atoms with Crippen LogP contribution in [0.3, 0.4) is 0 Å². The molecule has 3 N–H and O–H groups in total. The molecule has 0 saturated heterocycles. The predicted octanol–water partition coefficient (Wildman–Crippen LogP) is -0.973. The molecule has 1 rings (SSSR count). The minimum atomic E-state index is -4.22. The minimum Gasteiger partial charge on any atom is -0.316 e. The Balaban J connectivity index is 2.84. The van der Waals surface area contributed by atoms with E-state index in [4.69, 9.17) is 4.55 Å². The summed E-state index contributed by atoms with van der Waals surface area (Å²) >= 11 is 0. The van der Waals surface area contributed by atoms with Gasteiger partial charge in [0.25, 0.3) is 10.1 Å². The lowest BCUT2D eigenvalue weighted by Gasteiger charge is -2.15. The van der Waals surface area contributed by atoms with Crippen molar-refractivity contribution in [2.75, 3.05) is 0 Å². The quantitative estimate of drug-likeness (QED) is 0.450. The number of amides is 2. The molecule has 0 bridgehead atoms. The molecule has 0 spiro atoms. The zero-order valence-corrected chi connectivity index (χ0v) is 6.13. The monoisotopic (exact) mass is 178 g/mol. The average molecular weight is 178 g/mol. The summed E-state index contributed by atoms with van der Waals surface area (Å²) in [6.45, 7) is 0. The SMILES string of the molecule is O=C1NC=CC(S(=O)(=O)O)N1. The van der Waals surface area contributed by atoms with E-state index in [0.717, 1.165) is 12.3 Å². The molecule has 1 heterocycles. The van der Waals surface area contributed by atoms with Crippen molar-refractivity contribution in [2.24, 2.45) is 0 Å². The highest BCUT2D eigenvalue weighted by Gasteiger charge is 2.23. The third-order valence-corrected chi connectivity index (χ3v) is 2.00. The van der Waals surface area contributed by atoms with Crippen molar-refractivity contribution >= 4 is 16.1 Å². The van der Waals surface area contributed by atoms with Crippen LogP contribution in [0.15, 0.2) is 12.3 Å². The van der Waals surface area contributed by atoms with Crippen LogP contribution in [0.25, 0.3) is 0 Å². The summed E-state index contributed by atoms with van der Waals surface area (Å²) in [5.74, 6) is 0. The molecule has 0 aromatic heterocycles. The number of nitrogens with one attached hydrogen (secondary N) is 2. The lowest BCUT2D eigenvalue weighted by atomic mass is 10.5. The Morgan fingerprint density at radius 3 is 2.55 bits per heavy atom. The van der Waals surface area contributed by atoms with E-state index in [0.29, 0.717) is 0 Å². The smallest absolute Gasteiger partial charge is 0.316 e. The maximum absolute atomic E-state index is 10.5. The zero-order valence-electron chi connectivity index (χ0n) is 5.31. The van der Waals surface area contributed by atoms with Crippen molar-refractivity contribution in [3.63, 3.8) is 0 Å². The first-order chi connectivity index (χ1) is 5.00. The Labute approximate surface area is 63.0 Å². The third-order valence-electron chi connectivity index (χ3n) is 1.08. The maximum atomic E-state index is 10.5. The Morgan fingerprint density at radius 1 is 1.55 bits per heavy atom. The number of hydrogen-bond acceptors (Lipinski definition) is 3. The van der Waals surface area contributed by atoms with Gasteiger partial charge in [-0.1, -0.05) is 0 Å². The zero-order chi connectivity index (χ0) is 8.48. The number of urea groups is 1. The van der Waals surface area contributed by atoms with Crippen molar-refractivity contribution in [3.8, 4) is 0 Å². The van der Waals surface area contributed by atoms with Crippen LogP contribution < -0.4 is 10.6 Å². The molecular weight excluding hydrogens is 172 g/mol. The van der Waals surface area contributed by atoms with E-state index >= 15 is 0 Å². The average Bonchev–Trinajstić information content (AvgIpc) is 1.86. The predicted molar refractivity (Wildman–Crippen MR) is 36.1 cm³/mol. The first-order valence-electron chi connectivity index (χ1n) is 2.70. The van der Waals surface area contributed by atoms with Gasteiger partial charge in [0.1, 0.15) is 0 Å². The summed E-state index contributed by atoms with van der Waals surface area (Å²) < 4.78 is 29.2. The summed E-state index contributed by atoms with van der Waals surface area (Å²) in [5.41, 5.74) is 0. The van der Waals surface area contributed by atoms with Crippen molar-refractivity contribution in [1.82, 2.24) is 10.6 Å². The molecule has 0 fully saturated rings. The molecule has 6 nitrogen and oxygen atoms in total. The summed E-state index contributed by atoms with van der Waals surface area (Å²) in [7, 11) is -4.22. The molecule has 1 unspecified atom stereocenters. The molecule has 7 heteroatoms. The van der Waals surface area contributed by atoms with E-state index < -0.39 is 21.5 Å². The Hall–Kier alpha value is -1.08. The van der Waals surface area contributed by atoms with Crippen molar-refractivity contribution < 1.29 is 17.8 Å². The van der Waals surface area contributed by atoms with Gasteiger partial charge in [-0.25, -0.2) is 4.79 Å². The van der Waals surface area contributed by atoms with Gasteiger partial charge in [-0.2, -0.15) is 8.42 Å². The topological polar surface area (TPSA) is 95.5 Å². The van der Waals surface area contributed by atoms with E-state index in [1.165, 1.54) is 0 Å². The fraction of sp³-hybridized carbons (Fsp3) is 0.250. The fourth-order valence-corrected chi connectivity index (χ4v) is 1.14. The van der Waals surface area contributed by atoms with Crippen LogP contribution in [-0.4, -0.2) is 24.4 Å². The molecule has 11 heavy (non-hydrogen) atoms. The molecule has 0 saturated carbocycles. The highest BCUT2D eigenvalue weighted by molar-refractivity contribution is 7.86. The van der Waals surface area contributed by atoms with Gasteiger partial charge in [-0.05, 0) is 6.08 Å². The standard InChI is InChI=1S/C4H6N2O4S/c7-4-5-2-1-3(6-4)11(8,9)10/h1-3H,(H2,5,6,7)(H,8,9,10). The molecular formula is C4H6N2O4S. The Morgan fingerprint density at radius 2 is 2.18 bits per heavy atom. The Bertz CT molecular complexity index is 293. The second-order valence-corrected chi connectivity index (χ2v) is 3.45. The van der Waals surface area contributed by atoms with Crippen LogP contribution in [0.4, 0.5) is 4.79 Å². The van der Waals surface area contributed by atoms with Crippen molar-refractivity contribution in [1.29, 1.82) is 0 Å². The normalized spacial score (nSPS) is 24.1. The van der Waals surface area contributed by atoms with Crippen molar-refractivity contribution in [2.45, 2.75) is 5.37 Å². The van der Waals surface area contributed by atoms with Gasteiger partial charge < -0.3 is 10.6 Å². The third kappa shape index (κ3) is 1.92.